The van der Waals surface area contributed by atoms with E-state index in [0.29, 0.717) is 5.82 Å². The molecule has 0 aromatic carbocycles. The Hall–Kier alpha value is -1.36. The normalized spacial score (nSPS) is 9.50. The van der Waals surface area contributed by atoms with Gasteiger partial charge in [0.05, 0.1) is 9.95 Å². The maximum atomic E-state index is 10.2. The van der Waals surface area contributed by atoms with Gasteiger partial charge in [0, 0.05) is 13.1 Å². The summed E-state index contributed by atoms with van der Waals surface area (Å²) in [6.07, 6.45) is 1.15. The molecule has 0 aliphatic carbocycles. The molecular formula is C6H6ClN3O2. The average Bonchev–Trinajstić information content (AvgIpc) is 2.04. The number of aromatic nitrogens is 1. The van der Waals surface area contributed by atoms with Gasteiger partial charge in [-0.3, -0.25) is 10.1 Å². The number of nitrogens with one attached hydrogen (secondary N) is 1. The first-order valence-corrected chi connectivity index (χ1v) is 3.50. The van der Waals surface area contributed by atoms with E-state index in [9.17, 15) is 10.1 Å². The van der Waals surface area contributed by atoms with Gasteiger partial charge in [0.1, 0.15) is 12.0 Å². The number of nitro groups is 1. The van der Waals surface area contributed by atoms with Gasteiger partial charge in [-0.25, -0.2) is 4.98 Å². The Labute approximate surface area is 73.5 Å². The van der Waals surface area contributed by atoms with Gasteiger partial charge in [-0.15, -0.1) is 0 Å². The van der Waals surface area contributed by atoms with Crippen molar-refractivity contribution in [3.8, 4) is 0 Å². The zero-order valence-corrected chi connectivity index (χ0v) is 7.00. The summed E-state index contributed by atoms with van der Waals surface area (Å²) in [7, 11) is 1.64. The van der Waals surface area contributed by atoms with Crippen LogP contribution in [0.1, 0.15) is 0 Å². The predicted molar refractivity (Wildman–Crippen MR) is 45.4 cm³/mol. The van der Waals surface area contributed by atoms with Crippen LogP contribution in [0.3, 0.4) is 0 Å². The Bertz CT molecular complexity index is 316. The Kier molecular flexibility index (Phi) is 2.44. The lowest BCUT2D eigenvalue weighted by molar-refractivity contribution is -0.385. The van der Waals surface area contributed by atoms with E-state index >= 15 is 0 Å². The van der Waals surface area contributed by atoms with Crippen LogP contribution in [-0.2, 0) is 0 Å². The lowest BCUT2D eigenvalue weighted by Gasteiger charge is -1.99. The first kappa shape index (κ1) is 8.73. The highest BCUT2D eigenvalue weighted by atomic mass is 35.5. The monoisotopic (exact) mass is 187 g/mol. The molecular weight excluding hydrogens is 182 g/mol. The second-order valence-corrected chi connectivity index (χ2v) is 2.44. The van der Waals surface area contributed by atoms with Crippen LogP contribution in [0.15, 0.2) is 12.3 Å². The van der Waals surface area contributed by atoms with Crippen LogP contribution < -0.4 is 5.32 Å². The Balaban J connectivity index is 3.10. The molecule has 0 saturated heterocycles. The highest BCUT2D eigenvalue weighted by molar-refractivity contribution is 6.33. The minimum atomic E-state index is -0.543. The van der Waals surface area contributed by atoms with E-state index < -0.39 is 4.92 Å². The molecule has 1 aromatic heterocycles. The van der Waals surface area contributed by atoms with Crippen molar-refractivity contribution in [2.75, 3.05) is 12.4 Å². The van der Waals surface area contributed by atoms with Crippen LogP contribution in [0, 0.1) is 10.1 Å². The van der Waals surface area contributed by atoms with E-state index in [0.717, 1.165) is 6.20 Å². The summed E-state index contributed by atoms with van der Waals surface area (Å²) in [5, 5.41) is 13.2. The minimum Gasteiger partial charge on any atom is -0.372 e. The summed E-state index contributed by atoms with van der Waals surface area (Å²) in [6.45, 7) is 0. The number of rotatable bonds is 2. The van der Waals surface area contributed by atoms with E-state index in [-0.39, 0.29) is 10.7 Å². The van der Waals surface area contributed by atoms with Crippen LogP contribution in [0.25, 0.3) is 0 Å². The van der Waals surface area contributed by atoms with Gasteiger partial charge < -0.3 is 5.32 Å². The highest BCUT2D eigenvalue weighted by Gasteiger charge is 2.08. The first-order valence-electron chi connectivity index (χ1n) is 3.13. The molecule has 1 N–H and O–H groups in total. The summed E-state index contributed by atoms with van der Waals surface area (Å²) in [4.78, 5) is 13.4. The number of pyridine rings is 1. The standard InChI is InChI=1S/C6H6ClN3O2/c1-8-6-5(7)2-4(3-9-6)10(11)12/h2-3H,1H3,(H,8,9). The Morgan fingerprint density at radius 2 is 2.42 bits per heavy atom. The van der Waals surface area contributed by atoms with E-state index in [1.54, 1.807) is 7.05 Å². The molecule has 0 aliphatic rings. The zero-order chi connectivity index (χ0) is 9.14. The second kappa shape index (κ2) is 3.36. The fourth-order valence-electron chi connectivity index (χ4n) is 0.712. The van der Waals surface area contributed by atoms with Crippen molar-refractivity contribution in [3.05, 3.63) is 27.4 Å². The van der Waals surface area contributed by atoms with E-state index in [1.807, 2.05) is 0 Å². The fraction of sp³-hybridized carbons (Fsp3) is 0.167. The van der Waals surface area contributed by atoms with Gasteiger partial charge in [-0.2, -0.15) is 0 Å². The number of nitrogens with zero attached hydrogens (tertiary/aromatic N) is 2. The molecule has 1 aromatic rings. The second-order valence-electron chi connectivity index (χ2n) is 2.03. The topological polar surface area (TPSA) is 68.1 Å². The van der Waals surface area contributed by atoms with E-state index in [4.69, 9.17) is 11.6 Å². The first-order chi connectivity index (χ1) is 5.65. The number of halogens is 1. The largest absolute Gasteiger partial charge is 0.372 e. The third-order valence-corrected chi connectivity index (χ3v) is 1.56. The number of anilines is 1. The molecule has 0 radical (unpaired) electrons. The molecule has 1 heterocycles. The average molecular weight is 188 g/mol. The molecule has 0 bridgehead atoms. The van der Waals surface area contributed by atoms with E-state index in [1.165, 1.54) is 6.07 Å². The quantitative estimate of drug-likeness (QED) is 0.565. The summed E-state index contributed by atoms with van der Waals surface area (Å²) in [6, 6.07) is 1.25. The number of hydrogen-bond acceptors (Lipinski definition) is 4. The molecule has 0 unspecified atom stereocenters. The van der Waals surface area contributed by atoms with Crippen molar-refractivity contribution >= 4 is 23.1 Å². The van der Waals surface area contributed by atoms with Gasteiger partial charge in [0.25, 0.3) is 5.69 Å². The van der Waals surface area contributed by atoms with Crippen molar-refractivity contribution in [3.63, 3.8) is 0 Å². The van der Waals surface area contributed by atoms with Gasteiger partial charge >= 0.3 is 0 Å². The molecule has 5 nitrogen and oxygen atoms in total. The lowest BCUT2D eigenvalue weighted by Crippen LogP contribution is -1.95. The summed E-state index contributed by atoms with van der Waals surface area (Å²) in [5.41, 5.74) is -0.112. The van der Waals surface area contributed by atoms with Crippen molar-refractivity contribution in [2.45, 2.75) is 0 Å². The van der Waals surface area contributed by atoms with Gasteiger partial charge in [-0.1, -0.05) is 11.6 Å². The highest BCUT2D eigenvalue weighted by Crippen LogP contribution is 2.22. The van der Waals surface area contributed by atoms with Crippen LogP contribution in [0.2, 0.25) is 5.02 Å². The van der Waals surface area contributed by atoms with Crippen LogP contribution in [-0.4, -0.2) is 17.0 Å². The molecule has 0 saturated carbocycles. The Morgan fingerprint density at radius 1 is 1.75 bits per heavy atom. The molecule has 6 heteroatoms. The lowest BCUT2D eigenvalue weighted by atomic mass is 10.4. The van der Waals surface area contributed by atoms with Crippen molar-refractivity contribution in [1.29, 1.82) is 0 Å². The van der Waals surface area contributed by atoms with Gasteiger partial charge in [0.15, 0.2) is 0 Å². The molecule has 0 aliphatic heterocycles. The number of hydrogen-bond donors (Lipinski definition) is 1. The molecule has 1 rings (SSSR count). The molecule has 0 amide bonds. The molecule has 0 fully saturated rings. The van der Waals surface area contributed by atoms with Crippen LogP contribution in [0.4, 0.5) is 11.5 Å². The van der Waals surface area contributed by atoms with Gasteiger partial charge in [0.2, 0.25) is 0 Å². The fourth-order valence-corrected chi connectivity index (χ4v) is 0.967. The summed E-state index contributed by atoms with van der Waals surface area (Å²) < 4.78 is 0. The van der Waals surface area contributed by atoms with Crippen molar-refractivity contribution < 1.29 is 4.92 Å². The van der Waals surface area contributed by atoms with Crippen molar-refractivity contribution in [1.82, 2.24) is 4.98 Å². The molecule has 64 valence electrons. The molecule has 0 spiro atoms. The summed E-state index contributed by atoms with van der Waals surface area (Å²) >= 11 is 5.64. The molecule has 0 atom stereocenters. The smallest absolute Gasteiger partial charge is 0.289 e. The minimum absolute atomic E-state index is 0.112. The maximum Gasteiger partial charge on any atom is 0.289 e. The van der Waals surface area contributed by atoms with Crippen LogP contribution >= 0.6 is 11.6 Å². The zero-order valence-electron chi connectivity index (χ0n) is 6.24. The van der Waals surface area contributed by atoms with E-state index in [2.05, 4.69) is 10.3 Å². The predicted octanol–water partition coefficient (Wildman–Crippen LogP) is 1.68. The maximum absolute atomic E-state index is 10.2. The Morgan fingerprint density at radius 3 is 2.83 bits per heavy atom. The van der Waals surface area contributed by atoms with Gasteiger partial charge in [-0.05, 0) is 0 Å². The van der Waals surface area contributed by atoms with Crippen LogP contribution in [0.5, 0.6) is 0 Å². The van der Waals surface area contributed by atoms with Crippen molar-refractivity contribution in [2.24, 2.45) is 0 Å². The SMILES string of the molecule is CNc1ncc([N+](=O)[O-])cc1Cl. The summed E-state index contributed by atoms with van der Waals surface area (Å²) in [5.74, 6) is 0.433. The third-order valence-electron chi connectivity index (χ3n) is 1.27. The molecule has 12 heavy (non-hydrogen) atoms. The third kappa shape index (κ3) is 1.62.